The van der Waals surface area contributed by atoms with Gasteiger partial charge in [-0.15, -0.1) is 0 Å². The Hall–Kier alpha value is -1.02. The van der Waals surface area contributed by atoms with E-state index in [0.29, 0.717) is 12.3 Å². The van der Waals surface area contributed by atoms with Crippen molar-refractivity contribution in [3.63, 3.8) is 0 Å². The Morgan fingerprint density at radius 1 is 1.25 bits per heavy atom. The predicted octanol–water partition coefficient (Wildman–Crippen LogP) is 4.83. The molecular weight excluding hydrogens is 270 g/mol. The van der Waals surface area contributed by atoms with Crippen molar-refractivity contribution in [2.24, 2.45) is 5.92 Å². The zero-order valence-electron chi connectivity index (χ0n) is 12.4. The van der Waals surface area contributed by atoms with Gasteiger partial charge in [0, 0.05) is 18.5 Å². The van der Waals surface area contributed by atoms with E-state index in [2.05, 4.69) is 6.92 Å². The van der Waals surface area contributed by atoms with Crippen LogP contribution in [0.4, 0.5) is 0 Å². The molecule has 0 N–H and O–H groups in total. The standard InChI is InChI=1S/C17H24ClNO/c1-13(15-8-10-16(18)11-9-15)19(2)17(20)12-14-6-4-3-5-7-14/h8-11,13-14H,3-7,12H2,1-2H3. The molecule has 1 aliphatic rings. The predicted molar refractivity (Wildman–Crippen MR) is 83.8 cm³/mol. The van der Waals surface area contributed by atoms with Crippen LogP contribution in [0.1, 0.15) is 57.1 Å². The molecule has 20 heavy (non-hydrogen) atoms. The van der Waals surface area contributed by atoms with Gasteiger partial charge in [-0.2, -0.15) is 0 Å². The lowest BCUT2D eigenvalue weighted by Gasteiger charge is -2.28. The molecule has 1 aliphatic carbocycles. The van der Waals surface area contributed by atoms with Gasteiger partial charge in [0.2, 0.25) is 5.91 Å². The minimum absolute atomic E-state index is 0.100. The average molecular weight is 294 g/mol. The van der Waals surface area contributed by atoms with E-state index in [-0.39, 0.29) is 11.9 Å². The SMILES string of the molecule is CC(c1ccc(Cl)cc1)N(C)C(=O)CC1CCCCC1. The van der Waals surface area contributed by atoms with Crippen molar-refractivity contribution in [2.75, 3.05) is 7.05 Å². The zero-order valence-corrected chi connectivity index (χ0v) is 13.2. The Kier molecular flexibility index (Phi) is 5.47. The van der Waals surface area contributed by atoms with Crippen molar-refractivity contribution in [3.05, 3.63) is 34.9 Å². The molecule has 1 unspecified atom stereocenters. The first-order valence-corrected chi connectivity index (χ1v) is 7.97. The van der Waals surface area contributed by atoms with Gasteiger partial charge in [-0.3, -0.25) is 4.79 Å². The van der Waals surface area contributed by atoms with Gasteiger partial charge in [0.1, 0.15) is 0 Å². The maximum absolute atomic E-state index is 12.4. The quantitative estimate of drug-likeness (QED) is 0.778. The molecule has 1 amide bonds. The van der Waals surface area contributed by atoms with Crippen molar-refractivity contribution in [1.29, 1.82) is 0 Å². The smallest absolute Gasteiger partial charge is 0.223 e. The number of halogens is 1. The summed E-state index contributed by atoms with van der Waals surface area (Å²) < 4.78 is 0. The fourth-order valence-corrected chi connectivity index (χ4v) is 3.09. The number of amides is 1. The number of carbonyl (C=O) groups is 1. The van der Waals surface area contributed by atoms with Gasteiger partial charge in [-0.05, 0) is 43.4 Å². The fraction of sp³-hybridized carbons (Fsp3) is 0.588. The first-order chi connectivity index (χ1) is 9.58. The monoisotopic (exact) mass is 293 g/mol. The van der Waals surface area contributed by atoms with Crippen LogP contribution in [0.2, 0.25) is 5.02 Å². The molecule has 0 aromatic heterocycles. The number of hydrogen-bond donors (Lipinski definition) is 0. The summed E-state index contributed by atoms with van der Waals surface area (Å²) in [5.41, 5.74) is 1.13. The number of nitrogens with zero attached hydrogens (tertiary/aromatic N) is 1. The van der Waals surface area contributed by atoms with Crippen molar-refractivity contribution in [3.8, 4) is 0 Å². The molecule has 0 radical (unpaired) electrons. The lowest BCUT2D eigenvalue weighted by atomic mass is 9.86. The molecule has 0 spiro atoms. The molecule has 0 aliphatic heterocycles. The zero-order chi connectivity index (χ0) is 14.5. The summed E-state index contributed by atoms with van der Waals surface area (Å²) in [6, 6.07) is 7.86. The van der Waals surface area contributed by atoms with E-state index in [0.717, 1.165) is 10.6 Å². The van der Waals surface area contributed by atoms with Crippen LogP contribution in [0.25, 0.3) is 0 Å². The lowest BCUT2D eigenvalue weighted by molar-refractivity contribution is -0.133. The first-order valence-electron chi connectivity index (χ1n) is 7.59. The summed E-state index contributed by atoms with van der Waals surface area (Å²) in [5, 5.41) is 0.733. The van der Waals surface area contributed by atoms with Crippen LogP contribution < -0.4 is 0 Å². The van der Waals surface area contributed by atoms with E-state index in [1.807, 2.05) is 36.2 Å². The van der Waals surface area contributed by atoms with E-state index in [1.54, 1.807) is 0 Å². The summed E-state index contributed by atoms with van der Waals surface area (Å²) in [5.74, 6) is 0.857. The summed E-state index contributed by atoms with van der Waals surface area (Å²) in [6.07, 6.45) is 7.04. The topological polar surface area (TPSA) is 20.3 Å². The minimum atomic E-state index is 0.100. The van der Waals surface area contributed by atoms with Crippen molar-refractivity contribution >= 4 is 17.5 Å². The van der Waals surface area contributed by atoms with Crippen LogP contribution in [-0.4, -0.2) is 17.9 Å². The second kappa shape index (κ2) is 7.12. The number of hydrogen-bond acceptors (Lipinski definition) is 1. The molecule has 0 heterocycles. The molecule has 3 heteroatoms. The third-order valence-electron chi connectivity index (χ3n) is 4.51. The Morgan fingerprint density at radius 3 is 2.45 bits per heavy atom. The van der Waals surface area contributed by atoms with Gasteiger partial charge in [-0.1, -0.05) is 43.0 Å². The van der Waals surface area contributed by atoms with Crippen LogP contribution >= 0.6 is 11.6 Å². The number of benzene rings is 1. The van der Waals surface area contributed by atoms with Crippen LogP contribution in [0.5, 0.6) is 0 Å². The maximum atomic E-state index is 12.4. The highest BCUT2D eigenvalue weighted by Gasteiger charge is 2.22. The normalized spacial score (nSPS) is 17.8. The summed E-state index contributed by atoms with van der Waals surface area (Å²) >= 11 is 5.91. The van der Waals surface area contributed by atoms with Crippen molar-refractivity contribution in [1.82, 2.24) is 4.90 Å². The van der Waals surface area contributed by atoms with Gasteiger partial charge in [-0.25, -0.2) is 0 Å². The molecular formula is C17H24ClNO. The summed E-state index contributed by atoms with van der Waals surface area (Å²) in [4.78, 5) is 14.3. The third kappa shape index (κ3) is 3.99. The Balaban J connectivity index is 1.93. The van der Waals surface area contributed by atoms with Gasteiger partial charge in [0.25, 0.3) is 0 Å². The van der Waals surface area contributed by atoms with Crippen LogP contribution in [0.15, 0.2) is 24.3 Å². The van der Waals surface area contributed by atoms with Crippen molar-refractivity contribution < 1.29 is 4.79 Å². The second-order valence-electron chi connectivity index (χ2n) is 5.94. The van der Waals surface area contributed by atoms with Crippen LogP contribution in [-0.2, 0) is 4.79 Å². The lowest BCUT2D eigenvalue weighted by Crippen LogP contribution is -2.31. The second-order valence-corrected chi connectivity index (χ2v) is 6.38. The Morgan fingerprint density at radius 2 is 1.85 bits per heavy atom. The molecule has 2 nitrogen and oxygen atoms in total. The van der Waals surface area contributed by atoms with E-state index < -0.39 is 0 Å². The van der Waals surface area contributed by atoms with E-state index in [9.17, 15) is 4.79 Å². The highest BCUT2D eigenvalue weighted by Crippen LogP contribution is 2.28. The molecule has 2 rings (SSSR count). The molecule has 1 saturated carbocycles. The third-order valence-corrected chi connectivity index (χ3v) is 4.77. The Labute approximate surface area is 127 Å². The molecule has 1 aromatic rings. The number of rotatable bonds is 4. The minimum Gasteiger partial charge on any atom is -0.339 e. The number of carbonyl (C=O) groups excluding carboxylic acids is 1. The molecule has 0 saturated heterocycles. The van der Waals surface area contributed by atoms with Crippen molar-refractivity contribution in [2.45, 2.75) is 51.5 Å². The highest BCUT2D eigenvalue weighted by atomic mass is 35.5. The van der Waals surface area contributed by atoms with E-state index in [4.69, 9.17) is 11.6 Å². The highest BCUT2D eigenvalue weighted by molar-refractivity contribution is 6.30. The van der Waals surface area contributed by atoms with Crippen LogP contribution in [0, 0.1) is 5.92 Å². The fourth-order valence-electron chi connectivity index (χ4n) is 2.96. The van der Waals surface area contributed by atoms with Crippen LogP contribution in [0.3, 0.4) is 0 Å². The van der Waals surface area contributed by atoms with Gasteiger partial charge in [0.05, 0.1) is 6.04 Å². The molecule has 1 atom stereocenters. The molecule has 0 bridgehead atoms. The van der Waals surface area contributed by atoms with Gasteiger partial charge in [0.15, 0.2) is 0 Å². The average Bonchev–Trinajstić information content (AvgIpc) is 2.47. The van der Waals surface area contributed by atoms with E-state index >= 15 is 0 Å². The summed E-state index contributed by atoms with van der Waals surface area (Å²) in [6.45, 7) is 2.07. The first kappa shape index (κ1) is 15.4. The maximum Gasteiger partial charge on any atom is 0.223 e. The van der Waals surface area contributed by atoms with Gasteiger partial charge < -0.3 is 4.90 Å². The van der Waals surface area contributed by atoms with E-state index in [1.165, 1.54) is 32.1 Å². The Bertz CT molecular complexity index is 437. The molecule has 1 aromatic carbocycles. The molecule has 1 fully saturated rings. The largest absolute Gasteiger partial charge is 0.339 e. The summed E-state index contributed by atoms with van der Waals surface area (Å²) in [7, 11) is 1.91. The molecule has 110 valence electrons. The van der Waals surface area contributed by atoms with Gasteiger partial charge >= 0.3 is 0 Å².